The molecule has 1 N–H and O–H groups in total. The molecule has 2 heterocycles. The number of allylic oxidation sites excluding steroid dienone is 1. The van der Waals surface area contributed by atoms with Gasteiger partial charge in [-0.2, -0.15) is 0 Å². The van der Waals surface area contributed by atoms with Crippen molar-refractivity contribution in [1.82, 2.24) is 9.13 Å². The summed E-state index contributed by atoms with van der Waals surface area (Å²) in [5.74, 6) is -0.141. The van der Waals surface area contributed by atoms with Gasteiger partial charge < -0.3 is 5.11 Å². The Morgan fingerprint density at radius 2 is 1.91 bits per heavy atom. The Morgan fingerprint density at radius 3 is 2.64 bits per heavy atom. The van der Waals surface area contributed by atoms with E-state index in [1.54, 1.807) is 20.2 Å². The van der Waals surface area contributed by atoms with Crippen LogP contribution in [0.1, 0.15) is 18.1 Å². The van der Waals surface area contributed by atoms with Crippen LogP contribution in [0.5, 0.6) is 5.88 Å². The van der Waals surface area contributed by atoms with Gasteiger partial charge in [-0.3, -0.25) is 18.9 Å². The number of aliphatic imine (C=N–C) groups is 1. The Morgan fingerprint density at radius 1 is 1.23 bits per heavy atom. The van der Waals surface area contributed by atoms with E-state index in [0.29, 0.717) is 0 Å². The molecule has 22 heavy (non-hydrogen) atoms. The first kappa shape index (κ1) is 14.5. The Bertz CT molecular complexity index is 964. The Kier molecular flexibility index (Phi) is 3.33. The van der Waals surface area contributed by atoms with Crippen LogP contribution in [0.3, 0.4) is 0 Å². The molecule has 3 rings (SSSR count). The van der Waals surface area contributed by atoms with E-state index in [0.717, 1.165) is 22.5 Å². The number of hydrogen-bond donors (Lipinski definition) is 1. The summed E-state index contributed by atoms with van der Waals surface area (Å²) in [4.78, 5) is 16.9. The molecule has 112 valence electrons. The average molecular weight is 313 g/mol. The summed E-state index contributed by atoms with van der Waals surface area (Å²) in [6, 6.07) is 7.71. The molecule has 0 unspecified atom stereocenters. The second kappa shape index (κ2) is 5.06. The van der Waals surface area contributed by atoms with Crippen molar-refractivity contribution in [2.24, 2.45) is 19.1 Å². The highest BCUT2D eigenvalue weighted by Crippen LogP contribution is 2.35. The zero-order valence-electron chi connectivity index (χ0n) is 12.5. The van der Waals surface area contributed by atoms with E-state index in [4.69, 9.17) is 12.2 Å². The van der Waals surface area contributed by atoms with Crippen molar-refractivity contribution < 1.29 is 5.11 Å². The summed E-state index contributed by atoms with van der Waals surface area (Å²) >= 11 is 5.12. The van der Waals surface area contributed by atoms with Crippen LogP contribution in [-0.2, 0) is 14.1 Å². The molecule has 1 aromatic heterocycles. The smallest absolute Gasteiger partial charge is 0.265 e. The minimum Gasteiger partial charge on any atom is -0.494 e. The summed E-state index contributed by atoms with van der Waals surface area (Å²) in [6.07, 6.45) is 1.68. The molecule has 1 aliphatic rings. The maximum atomic E-state index is 12.4. The monoisotopic (exact) mass is 313 g/mol. The van der Waals surface area contributed by atoms with Crippen LogP contribution < -0.4 is 5.56 Å². The standard InChI is InChI=1S/C16H15N3O2S/c1-9-11(10-6-4-5-7-13(10)17-9)8-12-14(20)18(2)16(22)19(3)15(12)21/h4-8,20H,1-3H3/b11-8-. The van der Waals surface area contributed by atoms with Crippen molar-refractivity contribution in [1.29, 1.82) is 0 Å². The van der Waals surface area contributed by atoms with Crippen molar-refractivity contribution in [3.05, 3.63) is 50.5 Å². The van der Waals surface area contributed by atoms with Crippen LogP contribution >= 0.6 is 12.2 Å². The Hall–Kier alpha value is -2.47. The first-order valence-electron chi connectivity index (χ1n) is 6.77. The quantitative estimate of drug-likeness (QED) is 0.824. The van der Waals surface area contributed by atoms with Crippen LogP contribution in [0.4, 0.5) is 5.69 Å². The van der Waals surface area contributed by atoms with Crippen molar-refractivity contribution in [2.45, 2.75) is 6.92 Å². The SMILES string of the molecule is CC1=Nc2ccccc2/C1=C\c1c(O)n(C)c(=S)n(C)c1=O. The lowest BCUT2D eigenvalue weighted by molar-refractivity contribution is 0.414. The van der Waals surface area contributed by atoms with Gasteiger partial charge in [0.25, 0.3) is 5.56 Å². The molecule has 0 atom stereocenters. The van der Waals surface area contributed by atoms with E-state index >= 15 is 0 Å². The molecule has 1 aromatic carbocycles. The Labute approximate surface area is 132 Å². The average Bonchev–Trinajstić information content (AvgIpc) is 2.83. The third-order valence-electron chi connectivity index (χ3n) is 3.83. The van der Waals surface area contributed by atoms with Gasteiger partial charge in [0.15, 0.2) is 4.77 Å². The number of aromatic nitrogens is 2. The molecule has 1 aliphatic heterocycles. The van der Waals surface area contributed by atoms with Gasteiger partial charge >= 0.3 is 0 Å². The normalized spacial score (nSPS) is 15.0. The highest BCUT2D eigenvalue weighted by Gasteiger charge is 2.19. The third kappa shape index (κ3) is 2.03. The third-order valence-corrected chi connectivity index (χ3v) is 4.38. The van der Waals surface area contributed by atoms with Crippen LogP contribution in [0.15, 0.2) is 34.1 Å². The number of hydrogen-bond acceptors (Lipinski definition) is 4. The predicted molar refractivity (Wildman–Crippen MR) is 90.2 cm³/mol. The summed E-state index contributed by atoms with van der Waals surface area (Å²) in [5.41, 5.74) is 3.34. The van der Waals surface area contributed by atoms with Crippen LogP contribution in [-0.4, -0.2) is 20.0 Å². The van der Waals surface area contributed by atoms with Gasteiger partial charge in [0.05, 0.1) is 5.69 Å². The van der Waals surface area contributed by atoms with Crippen molar-refractivity contribution >= 4 is 35.3 Å². The summed E-state index contributed by atoms with van der Waals surface area (Å²) in [5, 5.41) is 10.3. The van der Waals surface area contributed by atoms with E-state index in [-0.39, 0.29) is 21.8 Å². The number of aromatic hydroxyl groups is 1. The first-order valence-corrected chi connectivity index (χ1v) is 7.18. The number of rotatable bonds is 1. The van der Waals surface area contributed by atoms with Gasteiger partial charge in [-0.15, -0.1) is 0 Å². The molecule has 0 saturated carbocycles. The molecule has 0 aliphatic carbocycles. The van der Waals surface area contributed by atoms with Crippen molar-refractivity contribution in [2.75, 3.05) is 0 Å². The molecule has 5 nitrogen and oxygen atoms in total. The van der Waals surface area contributed by atoms with Gasteiger partial charge in [0.1, 0.15) is 5.56 Å². The number of fused-ring (bicyclic) bond motifs is 1. The van der Waals surface area contributed by atoms with Crippen LogP contribution in [0.25, 0.3) is 11.6 Å². The second-order valence-corrected chi connectivity index (χ2v) is 5.58. The topological polar surface area (TPSA) is 59.5 Å². The van der Waals surface area contributed by atoms with Gasteiger partial charge in [-0.05, 0) is 31.3 Å². The van der Waals surface area contributed by atoms with Gasteiger partial charge in [-0.1, -0.05) is 18.2 Å². The molecule has 0 bridgehead atoms. The zero-order chi connectivity index (χ0) is 16.0. The zero-order valence-corrected chi connectivity index (χ0v) is 13.3. The fourth-order valence-corrected chi connectivity index (χ4v) is 2.72. The van der Waals surface area contributed by atoms with E-state index in [2.05, 4.69) is 4.99 Å². The molecular weight excluding hydrogens is 298 g/mol. The summed E-state index contributed by atoms with van der Waals surface area (Å²) in [7, 11) is 3.22. The minimum atomic E-state index is -0.328. The van der Waals surface area contributed by atoms with Crippen LogP contribution in [0, 0.1) is 4.77 Å². The highest BCUT2D eigenvalue weighted by atomic mass is 32.1. The lowest BCUT2D eigenvalue weighted by Crippen LogP contribution is -2.24. The fraction of sp³-hybridized carbons (Fsp3) is 0.188. The summed E-state index contributed by atoms with van der Waals surface area (Å²) in [6.45, 7) is 1.88. The van der Waals surface area contributed by atoms with Gasteiger partial charge in [0.2, 0.25) is 5.88 Å². The van der Waals surface area contributed by atoms with Crippen LogP contribution in [0.2, 0.25) is 0 Å². The largest absolute Gasteiger partial charge is 0.494 e. The lowest BCUT2D eigenvalue weighted by atomic mass is 10.0. The lowest BCUT2D eigenvalue weighted by Gasteiger charge is -2.10. The van der Waals surface area contributed by atoms with E-state index < -0.39 is 0 Å². The maximum absolute atomic E-state index is 12.4. The molecule has 2 aromatic rings. The van der Waals surface area contributed by atoms with Crippen molar-refractivity contribution in [3.8, 4) is 5.88 Å². The highest BCUT2D eigenvalue weighted by molar-refractivity contribution is 7.71. The minimum absolute atomic E-state index is 0.141. The van der Waals surface area contributed by atoms with E-state index in [9.17, 15) is 9.90 Å². The van der Waals surface area contributed by atoms with Gasteiger partial charge in [-0.25, -0.2) is 0 Å². The maximum Gasteiger partial charge on any atom is 0.265 e. The number of para-hydroxylation sites is 1. The molecular formula is C16H15N3O2S. The molecule has 0 amide bonds. The Balaban J connectivity index is 2.30. The predicted octanol–water partition coefficient (Wildman–Crippen LogP) is 2.81. The van der Waals surface area contributed by atoms with Crippen molar-refractivity contribution in [3.63, 3.8) is 0 Å². The molecule has 0 fully saturated rings. The number of nitrogens with zero attached hydrogens (tertiary/aromatic N) is 3. The number of benzene rings is 1. The molecule has 0 saturated heterocycles. The summed E-state index contributed by atoms with van der Waals surface area (Å²) < 4.78 is 3.02. The molecule has 0 radical (unpaired) electrons. The molecule has 6 heteroatoms. The first-order chi connectivity index (χ1) is 10.4. The van der Waals surface area contributed by atoms with E-state index in [1.807, 2.05) is 31.2 Å². The molecule has 0 spiro atoms. The fourth-order valence-electron chi connectivity index (χ4n) is 2.55. The second-order valence-electron chi connectivity index (χ2n) is 5.22. The van der Waals surface area contributed by atoms with Gasteiger partial charge in [0, 0.05) is 30.9 Å². The van der Waals surface area contributed by atoms with E-state index in [1.165, 1.54) is 9.13 Å².